The van der Waals surface area contributed by atoms with E-state index in [2.05, 4.69) is 16.3 Å². The lowest BCUT2D eigenvalue weighted by atomic mass is 9.97. The van der Waals surface area contributed by atoms with Gasteiger partial charge in [0.05, 0.1) is 16.1 Å². The number of nitrogens with one attached hydrogen (secondary N) is 1. The van der Waals surface area contributed by atoms with Crippen LogP contribution in [-0.4, -0.2) is 24.0 Å². The summed E-state index contributed by atoms with van der Waals surface area (Å²) >= 11 is 1.69. The third kappa shape index (κ3) is 4.54. The number of aromatic nitrogens is 1. The average Bonchev–Trinajstić information content (AvgIpc) is 3.26. The van der Waals surface area contributed by atoms with Crippen LogP contribution >= 0.6 is 11.3 Å². The van der Waals surface area contributed by atoms with Gasteiger partial charge < -0.3 is 15.0 Å². The van der Waals surface area contributed by atoms with Crippen molar-refractivity contribution in [3.63, 3.8) is 0 Å². The van der Waals surface area contributed by atoms with Gasteiger partial charge in [-0.05, 0) is 61.4 Å². The predicted molar refractivity (Wildman–Crippen MR) is 126 cm³/mol. The number of thiazole rings is 1. The Morgan fingerprint density at radius 1 is 0.968 bits per heavy atom. The summed E-state index contributed by atoms with van der Waals surface area (Å²) in [5.41, 5.74) is 1.80. The van der Waals surface area contributed by atoms with Crippen molar-refractivity contribution >= 4 is 38.3 Å². The number of rotatable bonds is 5. The summed E-state index contributed by atoms with van der Waals surface area (Å²) in [7, 11) is 0. The van der Waals surface area contributed by atoms with Crippen LogP contribution in [0.25, 0.3) is 10.2 Å². The van der Waals surface area contributed by atoms with E-state index in [0.717, 1.165) is 47.2 Å². The van der Waals surface area contributed by atoms with Crippen molar-refractivity contribution in [3.8, 4) is 11.5 Å². The number of para-hydroxylation sites is 2. The van der Waals surface area contributed by atoms with E-state index in [9.17, 15) is 4.79 Å². The SMILES string of the molecule is O=C(Nc1ccc(Oc2ccccc2)cc1)C1CCCN(c2nc3ccccc3s2)C1. The zero-order chi connectivity index (χ0) is 21.0. The van der Waals surface area contributed by atoms with Crippen LogP contribution in [0.4, 0.5) is 10.8 Å². The normalized spacial score (nSPS) is 16.3. The lowest BCUT2D eigenvalue weighted by molar-refractivity contribution is -0.120. The number of amides is 1. The molecule has 1 unspecified atom stereocenters. The molecule has 1 aliphatic rings. The third-order valence-corrected chi connectivity index (χ3v) is 6.54. The van der Waals surface area contributed by atoms with Gasteiger partial charge in [0.25, 0.3) is 0 Å². The fourth-order valence-electron chi connectivity index (χ4n) is 3.84. The molecule has 0 bridgehead atoms. The average molecular weight is 430 g/mol. The van der Waals surface area contributed by atoms with Gasteiger partial charge in [-0.1, -0.05) is 41.7 Å². The number of nitrogens with zero attached hydrogens (tertiary/aromatic N) is 2. The van der Waals surface area contributed by atoms with Crippen molar-refractivity contribution in [1.82, 2.24) is 4.98 Å². The van der Waals surface area contributed by atoms with Gasteiger partial charge in [0.15, 0.2) is 5.13 Å². The zero-order valence-electron chi connectivity index (χ0n) is 17.0. The molecule has 1 saturated heterocycles. The molecule has 1 aromatic heterocycles. The molecule has 5 nitrogen and oxygen atoms in total. The summed E-state index contributed by atoms with van der Waals surface area (Å²) in [5, 5.41) is 4.06. The molecule has 4 aromatic rings. The Morgan fingerprint density at radius 3 is 2.52 bits per heavy atom. The molecule has 1 amide bonds. The van der Waals surface area contributed by atoms with Crippen LogP contribution in [0.1, 0.15) is 12.8 Å². The van der Waals surface area contributed by atoms with Gasteiger partial charge in [-0.2, -0.15) is 0 Å². The van der Waals surface area contributed by atoms with Crippen LogP contribution in [0.5, 0.6) is 11.5 Å². The second kappa shape index (κ2) is 8.78. The smallest absolute Gasteiger partial charge is 0.229 e. The summed E-state index contributed by atoms with van der Waals surface area (Å²) in [6.45, 7) is 1.63. The van der Waals surface area contributed by atoms with Crippen LogP contribution in [-0.2, 0) is 4.79 Å². The standard InChI is InChI=1S/C25H23N3O2S/c29-24(26-19-12-14-21(15-13-19)30-20-8-2-1-3-9-20)18-7-6-16-28(17-18)25-27-22-10-4-5-11-23(22)31-25/h1-5,8-15,18H,6-7,16-17H2,(H,26,29). The number of fused-ring (bicyclic) bond motifs is 1. The minimum absolute atomic E-state index is 0.0546. The highest BCUT2D eigenvalue weighted by atomic mass is 32.1. The second-order valence-corrected chi connectivity index (χ2v) is 8.69. The molecule has 1 N–H and O–H groups in total. The van der Waals surface area contributed by atoms with Crippen molar-refractivity contribution in [2.75, 3.05) is 23.3 Å². The van der Waals surface area contributed by atoms with Gasteiger partial charge in [0, 0.05) is 18.8 Å². The first-order valence-corrected chi connectivity index (χ1v) is 11.3. The molecule has 0 radical (unpaired) electrons. The van der Waals surface area contributed by atoms with Crippen molar-refractivity contribution in [3.05, 3.63) is 78.9 Å². The molecule has 31 heavy (non-hydrogen) atoms. The molecule has 0 spiro atoms. The Balaban J connectivity index is 1.21. The van der Waals surface area contributed by atoms with Crippen LogP contribution in [0.3, 0.4) is 0 Å². The Morgan fingerprint density at radius 2 is 1.71 bits per heavy atom. The Labute approximate surface area is 185 Å². The lowest BCUT2D eigenvalue weighted by Gasteiger charge is -2.31. The van der Waals surface area contributed by atoms with Crippen molar-refractivity contribution in [2.45, 2.75) is 12.8 Å². The molecule has 2 heterocycles. The quantitative estimate of drug-likeness (QED) is 0.426. The highest BCUT2D eigenvalue weighted by molar-refractivity contribution is 7.22. The molecule has 1 fully saturated rings. The summed E-state index contributed by atoms with van der Waals surface area (Å²) in [4.78, 5) is 19.9. The van der Waals surface area contributed by atoms with E-state index < -0.39 is 0 Å². The maximum absolute atomic E-state index is 12.9. The van der Waals surface area contributed by atoms with E-state index >= 15 is 0 Å². The molecule has 156 valence electrons. The maximum Gasteiger partial charge on any atom is 0.229 e. The van der Waals surface area contributed by atoms with Crippen molar-refractivity contribution in [1.29, 1.82) is 0 Å². The van der Waals surface area contributed by atoms with Crippen molar-refractivity contribution in [2.24, 2.45) is 5.92 Å². The van der Waals surface area contributed by atoms with E-state index in [1.165, 1.54) is 4.70 Å². The Kier molecular flexibility index (Phi) is 5.54. The molecule has 6 heteroatoms. The van der Waals surface area contributed by atoms with Gasteiger partial charge in [-0.15, -0.1) is 0 Å². The highest BCUT2D eigenvalue weighted by Gasteiger charge is 2.27. The number of piperidine rings is 1. The number of ether oxygens (including phenoxy) is 1. The van der Waals surface area contributed by atoms with E-state index in [1.807, 2.05) is 72.8 Å². The Bertz CT molecular complexity index is 1140. The molecule has 3 aromatic carbocycles. The third-order valence-electron chi connectivity index (χ3n) is 5.45. The van der Waals surface area contributed by atoms with Crippen LogP contribution < -0.4 is 15.0 Å². The summed E-state index contributed by atoms with van der Waals surface area (Å²) in [5.74, 6) is 1.53. The first kappa shape index (κ1) is 19.6. The minimum Gasteiger partial charge on any atom is -0.457 e. The molecular formula is C25H23N3O2S. The number of carbonyl (C=O) groups is 1. The van der Waals surface area contributed by atoms with E-state index in [4.69, 9.17) is 9.72 Å². The first-order valence-electron chi connectivity index (χ1n) is 10.5. The number of hydrogen-bond donors (Lipinski definition) is 1. The number of anilines is 2. The number of benzene rings is 3. The van der Waals surface area contributed by atoms with E-state index in [-0.39, 0.29) is 11.8 Å². The zero-order valence-corrected chi connectivity index (χ0v) is 17.8. The monoisotopic (exact) mass is 429 g/mol. The topological polar surface area (TPSA) is 54.5 Å². The van der Waals surface area contributed by atoms with Gasteiger partial charge in [-0.25, -0.2) is 4.98 Å². The van der Waals surface area contributed by atoms with E-state index in [0.29, 0.717) is 6.54 Å². The van der Waals surface area contributed by atoms with Gasteiger partial charge in [-0.3, -0.25) is 4.79 Å². The van der Waals surface area contributed by atoms with Crippen LogP contribution in [0.15, 0.2) is 78.9 Å². The van der Waals surface area contributed by atoms with Crippen LogP contribution in [0.2, 0.25) is 0 Å². The summed E-state index contributed by atoms with van der Waals surface area (Å²) in [6, 6.07) is 25.3. The maximum atomic E-state index is 12.9. The second-order valence-electron chi connectivity index (χ2n) is 7.68. The van der Waals surface area contributed by atoms with Crippen molar-refractivity contribution < 1.29 is 9.53 Å². The molecule has 1 atom stereocenters. The summed E-state index contributed by atoms with van der Waals surface area (Å²) in [6.07, 6.45) is 1.88. The molecule has 1 aliphatic heterocycles. The fraction of sp³-hybridized carbons (Fsp3) is 0.200. The predicted octanol–water partition coefficient (Wildman–Crippen LogP) is 5.94. The minimum atomic E-state index is -0.0546. The Hall–Kier alpha value is -3.38. The first-order chi connectivity index (χ1) is 15.2. The lowest BCUT2D eigenvalue weighted by Crippen LogP contribution is -2.40. The number of hydrogen-bond acceptors (Lipinski definition) is 5. The summed E-state index contributed by atoms with van der Waals surface area (Å²) < 4.78 is 7.00. The van der Waals surface area contributed by atoms with E-state index in [1.54, 1.807) is 11.3 Å². The van der Waals surface area contributed by atoms with Crippen LogP contribution in [0, 0.1) is 5.92 Å². The van der Waals surface area contributed by atoms with Gasteiger partial charge in [0.2, 0.25) is 5.91 Å². The van der Waals surface area contributed by atoms with Gasteiger partial charge >= 0.3 is 0 Å². The molecule has 0 aliphatic carbocycles. The largest absolute Gasteiger partial charge is 0.457 e. The molecule has 5 rings (SSSR count). The highest BCUT2D eigenvalue weighted by Crippen LogP contribution is 2.32. The molecular weight excluding hydrogens is 406 g/mol. The fourth-order valence-corrected chi connectivity index (χ4v) is 4.84. The number of carbonyl (C=O) groups excluding carboxylic acids is 1. The molecule has 0 saturated carbocycles. The van der Waals surface area contributed by atoms with Gasteiger partial charge in [0.1, 0.15) is 11.5 Å².